The third-order valence-corrected chi connectivity index (χ3v) is 12.0. The van der Waals surface area contributed by atoms with Crippen molar-refractivity contribution in [1.29, 1.82) is 0 Å². The van der Waals surface area contributed by atoms with Crippen LogP contribution < -0.4 is 0 Å². The van der Waals surface area contributed by atoms with E-state index in [9.17, 15) is 0 Å². The Balaban J connectivity index is 1.17. The van der Waals surface area contributed by atoms with Crippen molar-refractivity contribution in [2.75, 3.05) is 0 Å². The molecule has 10 aromatic carbocycles. The number of hydrogen-bond acceptors (Lipinski definition) is 3. The molecule has 12 aromatic rings. The van der Waals surface area contributed by atoms with Crippen LogP contribution in [-0.2, 0) is 0 Å². The first-order valence-electron chi connectivity index (χ1n) is 20.7. The van der Waals surface area contributed by atoms with E-state index in [2.05, 4.69) is 187 Å². The summed E-state index contributed by atoms with van der Waals surface area (Å²) < 4.78 is 2.49. The highest BCUT2D eigenvalue weighted by molar-refractivity contribution is 6.21. The van der Waals surface area contributed by atoms with E-state index in [1.807, 2.05) is 36.4 Å². The van der Waals surface area contributed by atoms with Crippen LogP contribution in [-0.4, -0.2) is 19.5 Å². The normalized spacial score (nSPS) is 11.6. The zero-order valence-corrected chi connectivity index (χ0v) is 33.1. The Kier molecular flexibility index (Phi) is 8.13. The molecule has 0 N–H and O–H groups in total. The number of benzene rings is 10. The highest BCUT2D eigenvalue weighted by atomic mass is 15.0. The maximum atomic E-state index is 5.24. The fourth-order valence-electron chi connectivity index (χ4n) is 9.05. The first kappa shape index (κ1) is 34.8. The van der Waals surface area contributed by atoms with Gasteiger partial charge in [-0.05, 0) is 80.2 Å². The van der Waals surface area contributed by atoms with Crippen LogP contribution in [0.5, 0.6) is 0 Å². The molecule has 2 aromatic heterocycles. The summed E-state index contributed by atoms with van der Waals surface area (Å²) in [5.41, 5.74) is 10.9. The van der Waals surface area contributed by atoms with Crippen molar-refractivity contribution >= 4 is 54.1 Å². The van der Waals surface area contributed by atoms with E-state index in [1.165, 1.54) is 49.0 Å². The minimum Gasteiger partial charge on any atom is -0.308 e. The zero-order valence-electron chi connectivity index (χ0n) is 33.1. The molecule has 0 amide bonds. The van der Waals surface area contributed by atoms with E-state index < -0.39 is 0 Å². The van der Waals surface area contributed by atoms with E-state index in [4.69, 9.17) is 15.0 Å². The molecule has 2 heterocycles. The maximum absolute atomic E-state index is 5.24. The van der Waals surface area contributed by atoms with Crippen LogP contribution in [0.15, 0.2) is 218 Å². The van der Waals surface area contributed by atoms with Crippen LogP contribution in [0.1, 0.15) is 0 Å². The molecule has 0 spiro atoms. The van der Waals surface area contributed by atoms with Crippen LogP contribution in [0.2, 0.25) is 0 Å². The van der Waals surface area contributed by atoms with Gasteiger partial charge >= 0.3 is 0 Å². The van der Waals surface area contributed by atoms with Gasteiger partial charge in [0.1, 0.15) is 0 Å². The SMILES string of the molecule is c1ccc(-c2cccc(-c3ccc4c(-n5c6cc7ccccc7cc6c6ccc7ccccc7c65)ccc(-c5nc(-c6ccccc6)nc(-c6ccccc6)n5)c4c3)c2)cc1. The zero-order chi connectivity index (χ0) is 40.3. The molecule has 12 rings (SSSR count). The molecule has 0 aliphatic rings. The van der Waals surface area contributed by atoms with Gasteiger partial charge in [0, 0.05) is 38.2 Å². The lowest BCUT2D eigenvalue weighted by atomic mass is 9.94. The van der Waals surface area contributed by atoms with Crippen LogP contribution in [0.4, 0.5) is 0 Å². The van der Waals surface area contributed by atoms with Crippen LogP contribution in [0.25, 0.3) is 116 Å². The Morgan fingerprint density at radius 2 is 0.820 bits per heavy atom. The molecular weight excluding hydrogens is 741 g/mol. The largest absolute Gasteiger partial charge is 0.308 e. The summed E-state index contributed by atoms with van der Waals surface area (Å²) in [5.74, 6) is 1.89. The monoisotopic (exact) mass is 776 g/mol. The van der Waals surface area contributed by atoms with Gasteiger partial charge in [0.25, 0.3) is 0 Å². The average Bonchev–Trinajstić information content (AvgIpc) is 3.66. The average molecular weight is 777 g/mol. The highest BCUT2D eigenvalue weighted by Gasteiger charge is 2.21. The second-order valence-electron chi connectivity index (χ2n) is 15.6. The van der Waals surface area contributed by atoms with Crippen molar-refractivity contribution in [3.63, 3.8) is 0 Å². The van der Waals surface area contributed by atoms with Gasteiger partial charge in [0.05, 0.1) is 16.7 Å². The smallest absolute Gasteiger partial charge is 0.164 e. The van der Waals surface area contributed by atoms with Crippen LogP contribution >= 0.6 is 0 Å². The van der Waals surface area contributed by atoms with E-state index >= 15 is 0 Å². The molecule has 61 heavy (non-hydrogen) atoms. The van der Waals surface area contributed by atoms with Crippen molar-refractivity contribution in [1.82, 2.24) is 19.5 Å². The Bertz CT molecular complexity index is 3570. The van der Waals surface area contributed by atoms with E-state index in [0.29, 0.717) is 17.5 Å². The summed E-state index contributed by atoms with van der Waals surface area (Å²) in [6.45, 7) is 0. The molecular formula is C57H36N4. The first-order valence-corrected chi connectivity index (χ1v) is 20.7. The van der Waals surface area contributed by atoms with Crippen molar-refractivity contribution in [2.45, 2.75) is 0 Å². The Morgan fingerprint density at radius 1 is 0.279 bits per heavy atom. The summed E-state index contributed by atoms with van der Waals surface area (Å²) in [5, 5.41) is 9.46. The van der Waals surface area contributed by atoms with Crippen molar-refractivity contribution in [3.05, 3.63) is 218 Å². The quantitative estimate of drug-likeness (QED) is 0.169. The van der Waals surface area contributed by atoms with Crippen molar-refractivity contribution < 1.29 is 0 Å². The number of fused-ring (bicyclic) bond motifs is 7. The summed E-state index contributed by atoms with van der Waals surface area (Å²) in [7, 11) is 0. The predicted molar refractivity (Wildman–Crippen MR) is 254 cm³/mol. The topological polar surface area (TPSA) is 43.6 Å². The lowest BCUT2D eigenvalue weighted by molar-refractivity contribution is 1.08. The second-order valence-corrected chi connectivity index (χ2v) is 15.6. The number of aromatic nitrogens is 4. The van der Waals surface area contributed by atoms with Crippen LogP contribution in [0, 0.1) is 0 Å². The molecule has 0 atom stereocenters. The molecule has 0 aliphatic heterocycles. The molecule has 4 nitrogen and oxygen atoms in total. The van der Waals surface area contributed by atoms with E-state index in [1.54, 1.807) is 0 Å². The predicted octanol–water partition coefficient (Wildman–Crippen LogP) is 14.8. The summed E-state index contributed by atoms with van der Waals surface area (Å²) >= 11 is 0. The minimum atomic E-state index is 0.623. The molecule has 0 saturated carbocycles. The third kappa shape index (κ3) is 5.96. The number of nitrogens with zero attached hydrogens (tertiary/aromatic N) is 4. The lowest BCUT2D eigenvalue weighted by Gasteiger charge is -2.17. The maximum Gasteiger partial charge on any atom is 0.164 e. The molecule has 0 saturated heterocycles. The van der Waals surface area contributed by atoms with Gasteiger partial charge in [-0.25, -0.2) is 15.0 Å². The Morgan fingerprint density at radius 3 is 1.52 bits per heavy atom. The van der Waals surface area contributed by atoms with Gasteiger partial charge in [0.2, 0.25) is 0 Å². The molecule has 0 fully saturated rings. The van der Waals surface area contributed by atoms with Gasteiger partial charge < -0.3 is 4.57 Å². The first-order chi connectivity index (χ1) is 30.2. The van der Waals surface area contributed by atoms with Gasteiger partial charge in [-0.15, -0.1) is 0 Å². The van der Waals surface area contributed by atoms with Crippen molar-refractivity contribution in [2.24, 2.45) is 0 Å². The molecule has 0 bridgehead atoms. The van der Waals surface area contributed by atoms with Gasteiger partial charge in [0.15, 0.2) is 17.5 Å². The second kappa shape index (κ2) is 14.3. The summed E-state index contributed by atoms with van der Waals surface area (Å²) in [6.07, 6.45) is 0. The molecule has 284 valence electrons. The molecule has 0 unspecified atom stereocenters. The standard InChI is InChI=1S/C57H36N4/c1-4-15-37(16-5-1)41-24-14-25-42(33-41)45-28-29-47-50(34-45)49(57-59-55(39-18-6-2-7-19-39)58-56(60-57)40-20-8-3-9-21-40)31-32-52(47)61-53-36-44-23-11-10-22-43(44)35-51(53)48-30-27-38-17-12-13-26-46(38)54(48)61/h1-36H. The number of rotatable bonds is 6. The third-order valence-electron chi connectivity index (χ3n) is 12.0. The van der Waals surface area contributed by atoms with Crippen molar-refractivity contribution in [3.8, 4) is 62.1 Å². The lowest BCUT2D eigenvalue weighted by Crippen LogP contribution is -2.02. The Hall–Kier alpha value is -8.21. The van der Waals surface area contributed by atoms with Gasteiger partial charge in [-0.2, -0.15) is 0 Å². The fourth-order valence-corrected chi connectivity index (χ4v) is 9.05. The van der Waals surface area contributed by atoms with Gasteiger partial charge in [-0.3, -0.25) is 0 Å². The summed E-state index contributed by atoms with van der Waals surface area (Å²) in [4.78, 5) is 15.5. The highest BCUT2D eigenvalue weighted by Crippen LogP contribution is 2.42. The van der Waals surface area contributed by atoms with E-state index in [-0.39, 0.29) is 0 Å². The fraction of sp³-hybridized carbons (Fsp3) is 0. The Labute approximate surface area is 352 Å². The summed E-state index contributed by atoms with van der Waals surface area (Å²) in [6, 6.07) is 77.8. The van der Waals surface area contributed by atoms with Crippen LogP contribution in [0.3, 0.4) is 0 Å². The van der Waals surface area contributed by atoms with E-state index in [0.717, 1.165) is 49.8 Å². The molecule has 4 heteroatoms. The number of hydrogen-bond donors (Lipinski definition) is 0. The van der Waals surface area contributed by atoms with Gasteiger partial charge in [-0.1, -0.05) is 182 Å². The minimum absolute atomic E-state index is 0.623. The molecule has 0 aliphatic carbocycles. The molecule has 0 radical (unpaired) electrons.